The second-order valence-electron chi connectivity index (χ2n) is 13.9. The molecule has 3 saturated carbocycles. The third kappa shape index (κ3) is 3.79. The summed E-state index contributed by atoms with van der Waals surface area (Å²) in [4.78, 5) is 29.4. The van der Waals surface area contributed by atoms with E-state index in [2.05, 4.69) is 37.4 Å². The summed E-state index contributed by atoms with van der Waals surface area (Å²) in [5.74, 6) is 3.75. The Kier molecular flexibility index (Phi) is 6.29. The summed E-state index contributed by atoms with van der Waals surface area (Å²) in [5, 5.41) is 3.25. The molecule has 0 radical (unpaired) electrons. The third-order valence-electron chi connectivity index (χ3n) is 12.4. The predicted molar refractivity (Wildman–Crippen MR) is 158 cm³/mol. The zero-order valence-corrected chi connectivity index (χ0v) is 24.3. The van der Waals surface area contributed by atoms with Crippen LogP contribution in [-0.4, -0.2) is 31.0 Å². The molecule has 0 bridgehead atoms. The van der Waals surface area contributed by atoms with Crippen molar-refractivity contribution in [2.24, 2.45) is 40.4 Å². The Morgan fingerprint density at radius 1 is 0.975 bits per heavy atom. The molecule has 212 valence electrons. The molecule has 6 aliphatic rings. The molecular formula is C35H44N2O3. The topological polar surface area (TPSA) is 58.6 Å². The SMILES string of the molecule is COc1ccc(N2C(=O)[C@H](NC(=O)C3=CC[C@H]4[C@@H]5CCC6CCCC[C@]6(C)[C@H]5CC[C@]34C)[C@H]2C2C=CC=C2)cc1. The molecule has 1 N–H and O–H groups in total. The van der Waals surface area contributed by atoms with Gasteiger partial charge in [-0.1, -0.05) is 57.1 Å². The van der Waals surface area contributed by atoms with E-state index < -0.39 is 6.04 Å². The van der Waals surface area contributed by atoms with Crippen LogP contribution < -0.4 is 15.0 Å². The normalized spacial score (nSPS) is 40.1. The van der Waals surface area contributed by atoms with Crippen molar-refractivity contribution < 1.29 is 14.3 Å². The average molecular weight is 541 g/mol. The lowest BCUT2D eigenvalue weighted by Crippen LogP contribution is -2.73. The molecule has 0 spiro atoms. The fourth-order valence-electron chi connectivity index (χ4n) is 10.2. The van der Waals surface area contributed by atoms with Crippen LogP contribution >= 0.6 is 0 Å². The van der Waals surface area contributed by atoms with Crippen molar-refractivity contribution in [1.29, 1.82) is 0 Å². The van der Waals surface area contributed by atoms with Crippen molar-refractivity contribution in [3.05, 3.63) is 60.2 Å². The van der Waals surface area contributed by atoms with Gasteiger partial charge in [-0.2, -0.15) is 0 Å². The minimum absolute atomic E-state index is 0.0234. The Morgan fingerprint density at radius 3 is 2.50 bits per heavy atom. The molecule has 0 aromatic heterocycles. The van der Waals surface area contributed by atoms with E-state index >= 15 is 0 Å². The van der Waals surface area contributed by atoms with Crippen molar-refractivity contribution in [1.82, 2.24) is 5.32 Å². The van der Waals surface area contributed by atoms with Gasteiger partial charge >= 0.3 is 0 Å². The van der Waals surface area contributed by atoms with Crippen LogP contribution in [0.3, 0.4) is 0 Å². The van der Waals surface area contributed by atoms with Crippen molar-refractivity contribution in [3.63, 3.8) is 0 Å². The summed E-state index contributed by atoms with van der Waals surface area (Å²) < 4.78 is 5.31. The Hall–Kier alpha value is -2.82. The van der Waals surface area contributed by atoms with Gasteiger partial charge in [0, 0.05) is 22.6 Å². The van der Waals surface area contributed by atoms with Gasteiger partial charge in [-0.25, -0.2) is 0 Å². The van der Waals surface area contributed by atoms with E-state index in [1.54, 1.807) is 7.11 Å². The molecule has 40 heavy (non-hydrogen) atoms. The summed E-state index contributed by atoms with van der Waals surface area (Å²) in [6.07, 6.45) is 22.2. The van der Waals surface area contributed by atoms with Crippen LogP contribution in [0.2, 0.25) is 0 Å². The van der Waals surface area contributed by atoms with Gasteiger partial charge in [0.25, 0.3) is 5.91 Å². The molecule has 1 unspecified atom stereocenters. The van der Waals surface area contributed by atoms with E-state index in [0.29, 0.717) is 11.3 Å². The molecule has 1 saturated heterocycles. The smallest absolute Gasteiger partial charge is 0.252 e. The lowest BCUT2D eigenvalue weighted by atomic mass is 9.45. The number of hydrogen-bond acceptors (Lipinski definition) is 3. The van der Waals surface area contributed by atoms with E-state index in [0.717, 1.165) is 47.6 Å². The number of β-lactam (4-membered cyclic amide) rings is 1. The van der Waals surface area contributed by atoms with Gasteiger partial charge in [0.1, 0.15) is 11.8 Å². The highest BCUT2D eigenvalue weighted by Crippen LogP contribution is 2.66. The molecule has 4 fully saturated rings. The number of allylic oxidation sites excluding steroid dienone is 3. The number of benzene rings is 1. The first-order valence-corrected chi connectivity index (χ1v) is 15.7. The van der Waals surface area contributed by atoms with Gasteiger partial charge in [0.05, 0.1) is 13.2 Å². The van der Waals surface area contributed by atoms with Crippen LogP contribution in [0.25, 0.3) is 0 Å². The van der Waals surface area contributed by atoms with Crippen LogP contribution in [0.5, 0.6) is 5.75 Å². The second-order valence-corrected chi connectivity index (χ2v) is 13.9. The van der Waals surface area contributed by atoms with Crippen LogP contribution in [0.1, 0.15) is 71.6 Å². The number of ether oxygens (including phenoxy) is 1. The number of hydrogen-bond donors (Lipinski definition) is 1. The Morgan fingerprint density at radius 2 is 1.75 bits per heavy atom. The fourth-order valence-corrected chi connectivity index (χ4v) is 10.2. The number of amides is 2. The molecule has 5 aliphatic carbocycles. The Bertz CT molecular complexity index is 1270. The van der Waals surface area contributed by atoms with E-state index in [1.807, 2.05) is 41.3 Å². The zero-order chi connectivity index (χ0) is 27.6. The first-order valence-electron chi connectivity index (χ1n) is 15.7. The highest BCUT2D eigenvalue weighted by atomic mass is 16.5. The van der Waals surface area contributed by atoms with Gasteiger partial charge in [-0.3, -0.25) is 9.59 Å². The molecule has 5 heteroatoms. The number of anilines is 1. The standard InChI is InChI=1S/C35H44N2O3/c1-34-20-7-6-10-23(34)11-16-26-27-17-18-29(35(27,2)21-19-28(26)34)32(38)36-30-31(22-8-4-5-9-22)37(33(30)39)24-12-14-25(40-3)15-13-24/h4-5,8-9,12-15,18,22-23,26-28,30-31H,6-7,10-11,16-17,19-21H2,1-3H3,(H,36,38)/t23?,26-,27-,28-,30+,31+,34-,35-/m0/s1. The first kappa shape index (κ1) is 26.1. The largest absolute Gasteiger partial charge is 0.497 e. The summed E-state index contributed by atoms with van der Waals surface area (Å²) >= 11 is 0. The zero-order valence-electron chi connectivity index (χ0n) is 24.3. The van der Waals surface area contributed by atoms with Crippen molar-refractivity contribution in [3.8, 4) is 5.75 Å². The van der Waals surface area contributed by atoms with Crippen molar-refractivity contribution >= 4 is 17.5 Å². The fraction of sp³-hybridized carbons (Fsp3) is 0.600. The number of carbonyl (C=O) groups excluding carboxylic acids is 2. The average Bonchev–Trinajstić information content (AvgIpc) is 3.62. The quantitative estimate of drug-likeness (QED) is 0.428. The van der Waals surface area contributed by atoms with E-state index in [-0.39, 0.29) is 29.2 Å². The van der Waals surface area contributed by atoms with E-state index in [1.165, 1.54) is 44.9 Å². The van der Waals surface area contributed by atoms with Gasteiger partial charge in [0.15, 0.2) is 0 Å². The molecule has 1 aliphatic heterocycles. The van der Waals surface area contributed by atoms with Gasteiger partial charge in [-0.15, -0.1) is 0 Å². The third-order valence-corrected chi connectivity index (χ3v) is 12.4. The van der Waals surface area contributed by atoms with Crippen molar-refractivity contribution in [2.75, 3.05) is 12.0 Å². The highest BCUT2D eigenvalue weighted by molar-refractivity contribution is 6.09. The number of nitrogens with zero attached hydrogens (tertiary/aromatic N) is 1. The first-order chi connectivity index (χ1) is 19.3. The monoisotopic (exact) mass is 540 g/mol. The molecule has 2 amide bonds. The number of carbonyl (C=O) groups is 2. The van der Waals surface area contributed by atoms with E-state index in [9.17, 15) is 9.59 Å². The van der Waals surface area contributed by atoms with Crippen LogP contribution in [-0.2, 0) is 9.59 Å². The summed E-state index contributed by atoms with van der Waals surface area (Å²) in [5.41, 5.74) is 2.19. The molecule has 1 aromatic carbocycles. The molecule has 7 rings (SSSR count). The Labute approximate surface area is 239 Å². The van der Waals surface area contributed by atoms with Crippen LogP contribution in [0.15, 0.2) is 60.2 Å². The van der Waals surface area contributed by atoms with Gasteiger partial charge in [0.2, 0.25) is 5.91 Å². The number of nitrogens with one attached hydrogen (secondary N) is 1. The maximum atomic E-state index is 14.0. The maximum Gasteiger partial charge on any atom is 0.252 e. The molecule has 1 heterocycles. The highest BCUT2D eigenvalue weighted by Gasteiger charge is 2.59. The van der Waals surface area contributed by atoms with Gasteiger partial charge in [-0.05, 0) is 98.3 Å². The minimum atomic E-state index is -0.525. The lowest BCUT2D eigenvalue weighted by Gasteiger charge is -2.60. The second kappa shape index (κ2) is 9.63. The lowest BCUT2D eigenvalue weighted by molar-refractivity contribution is -0.133. The summed E-state index contributed by atoms with van der Waals surface area (Å²) in [7, 11) is 1.64. The summed E-state index contributed by atoms with van der Waals surface area (Å²) in [6.45, 7) is 4.96. The molecule has 8 atom stereocenters. The predicted octanol–water partition coefficient (Wildman–Crippen LogP) is 6.61. The molecular weight excluding hydrogens is 496 g/mol. The Balaban J connectivity index is 1.09. The molecule has 5 nitrogen and oxygen atoms in total. The number of rotatable bonds is 5. The number of fused-ring (bicyclic) bond motifs is 5. The van der Waals surface area contributed by atoms with E-state index in [4.69, 9.17) is 4.74 Å². The minimum Gasteiger partial charge on any atom is -0.497 e. The molecule has 1 aromatic rings. The van der Waals surface area contributed by atoms with Crippen LogP contribution in [0.4, 0.5) is 5.69 Å². The van der Waals surface area contributed by atoms with Gasteiger partial charge < -0.3 is 15.0 Å². The maximum absolute atomic E-state index is 14.0. The van der Waals surface area contributed by atoms with Crippen molar-refractivity contribution in [2.45, 2.75) is 83.7 Å². The summed E-state index contributed by atoms with van der Waals surface area (Å²) in [6, 6.07) is 6.96. The van der Waals surface area contributed by atoms with Crippen LogP contribution in [0, 0.1) is 40.4 Å². The number of methoxy groups -OCH3 is 1.